The van der Waals surface area contributed by atoms with Crippen LogP contribution in [0.15, 0.2) is 36.5 Å². The lowest BCUT2D eigenvalue weighted by Gasteiger charge is -2.09. The molecule has 98 valence electrons. The van der Waals surface area contributed by atoms with Gasteiger partial charge in [0.1, 0.15) is 0 Å². The molecule has 1 aromatic carbocycles. The molecule has 0 aliphatic carbocycles. The Morgan fingerprint density at radius 1 is 1.32 bits per heavy atom. The lowest BCUT2D eigenvalue weighted by atomic mass is 10.0. The molecule has 0 saturated carbocycles. The maximum absolute atomic E-state index is 10.8. The van der Waals surface area contributed by atoms with Crippen LogP contribution in [-0.2, 0) is 16.0 Å². The maximum atomic E-state index is 10.8. The fourth-order valence-corrected chi connectivity index (χ4v) is 1.93. The zero-order chi connectivity index (χ0) is 13.7. The highest BCUT2D eigenvalue weighted by Gasteiger charge is 2.07. The van der Waals surface area contributed by atoms with Crippen LogP contribution >= 0.6 is 11.6 Å². The van der Waals surface area contributed by atoms with Gasteiger partial charge in [-0.1, -0.05) is 24.3 Å². The van der Waals surface area contributed by atoms with E-state index in [-0.39, 0.29) is 11.3 Å². The molecule has 0 atom stereocenters. The van der Waals surface area contributed by atoms with Crippen molar-refractivity contribution in [3.05, 3.63) is 47.4 Å². The lowest BCUT2D eigenvalue weighted by molar-refractivity contribution is -0.140. The molecule has 0 bridgehead atoms. The standard InChI is InChI=1S/C14H13ClN2O2/c1-10(18)19-9-7-11-4-2-3-5-12(11)13-6-8-16-14(15)17-13/h2-6,8H,7,9H2,1H3. The Balaban J connectivity index is 2.23. The number of carbonyl (C=O) groups is 1. The topological polar surface area (TPSA) is 52.1 Å². The zero-order valence-electron chi connectivity index (χ0n) is 10.5. The second-order valence-corrected chi connectivity index (χ2v) is 4.30. The van der Waals surface area contributed by atoms with Gasteiger partial charge in [0, 0.05) is 25.1 Å². The quantitative estimate of drug-likeness (QED) is 0.636. The number of esters is 1. The Kier molecular flexibility index (Phi) is 4.47. The van der Waals surface area contributed by atoms with Gasteiger partial charge in [0.15, 0.2) is 0 Å². The second kappa shape index (κ2) is 6.29. The van der Waals surface area contributed by atoms with Crippen molar-refractivity contribution in [2.24, 2.45) is 0 Å². The van der Waals surface area contributed by atoms with Gasteiger partial charge in [0.05, 0.1) is 12.3 Å². The number of benzene rings is 1. The Labute approximate surface area is 116 Å². The molecular formula is C14H13ClN2O2. The molecule has 1 heterocycles. The van der Waals surface area contributed by atoms with Crippen LogP contribution in [0, 0.1) is 0 Å². The van der Waals surface area contributed by atoms with E-state index in [1.165, 1.54) is 6.92 Å². The molecule has 0 unspecified atom stereocenters. The fraction of sp³-hybridized carbons (Fsp3) is 0.214. The minimum Gasteiger partial charge on any atom is -0.466 e. The van der Waals surface area contributed by atoms with E-state index in [1.807, 2.05) is 24.3 Å². The highest BCUT2D eigenvalue weighted by molar-refractivity contribution is 6.28. The molecule has 0 aliphatic rings. The molecule has 2 aromatic rings. The summed E-state index contributed by atoms with van der Waals surface area (Å²) >= 11 is 5.80. The van der Waals surface area contributed by atoms with Crippen LogP contribution in [0.1, 0.15) is 12.5 Å². The third-order valence-corrected chi connectivity index (χ3v) is 2.78. The van der Waals surface area contributed by atoms with Gasteiger partial charge in [-0.3, -0.25) is 4.79 Å². The first-order valence-electron chi connectivity index (χ1n) is 5.87. The first kappa shape index (κ1) is 13.5. The number of aromatic nitrogens is 2. The molecule has 1 aromatic heterocycles. The van der Waals surface area contributed by atoms with E-state index in [9.17, 15) is 4.79 Å². The zero-order valence-corrected chi connectivity index (χ0v) is 11.2. The average Bonchev–Trinajstić information content (AvgIpc) is 2.39. The predicted octanol–water partition coefficient (Wildman–Crippen LogP) is 2.90. The minimum absolute atomic E-state index is 0.215. The average molecular weight is 277 g/mol. The second-order valence-electron chi connectivity index (χ2n) is 3.96. The summed E-state index contributed by atoms with van der Waals surface area (Å²) in [5.74, 6) is -0.275. The van der Waals surface area contributed by atoms with Crippen molar-refractivity contribution in [3.8, 4) is 11.3 Å². The summed E-state index contributed by atoms with van der Waals surface area (Å²) in [6.45, 7) is 1.75. The molecule has 0 aliphatic heterocycles. The summed E-state index contributed by atoms with van der Waals surface area (Å²) in [4.78, 5) is 18.8. The third-order valence-electron chi connectivity index (χ3n) is 2.60. The van der Waals surface area contributed by atoms with Crippen molar-refractivity contribution in [1.82, 2.24) is 9.97 Å². The maximum Gasteiger partial charge on any atom is 0.302 e. The normalized spacial score (nSPS) is 10.2. The van der Waals surface area contributed by atoms with Crippen LogP contribution in [0.4, 0.5) is 0 Å². The summed E-state index contributed by atoms with van der Waals surface area (Å²) in [7, 11) is 0. The third kappa shape index (κ3) is 3.76. The Hall–Kier alpha value is -1.94. The van der Waals surface area contributed by atoms with E-state index < -0.39 is 0 Å². The molecule has 0 N–H and O–H groups in total. The van der Waals surface area contributed by atoms with E-state index in [1.54, 1.807) is 12.3 Å². The summed E-state index contributed by atoms with van der Waals surface area (Å²) in [6, 6.07) is 9.61. The van der Waals surface area contributed by atoms with Crippen molar-refractivity contribution < 1.29 is 9.53 Å². The first-order valence-corrected chi connectivity index (χ1v) is 6.25. The van der Waals surface area contributed by atoms with E-state index in [2.05, 4.69) is 9.97 Å². The monoisotopic (exact) mass is 276 g/mol. The molecule has 0 spiro atoms. The molecule has 0 saturated heterocycles. The number of carbonyl (C=O) groups excluding carboxylic acids is 1. The van der Waals surface area contributed by atoms with Crippen molar-refractivity contribution >= 4 is 17.6 Å². The smallest absolute Gasteiger partial charge is 0.302 e. The van der Waals surface area contributed by atoms with E-state index in [0.29, 0.717) is 13.0 Å². The van der Waals surface area contributed by atoms with Gasteiger partial charge >= 0.3 is 5.97 Å². The molecule has 5 heteroatoms. The largest absolute Gasteiger partial charge is 0.466 e. The number of ether oxygens (including phenoxy) is 1. The summed E-state index contributed by atoms with van der Waals surface area (Å²) in [6.07, 6.45) is 2.25. The van der Waals surface area contributed by atoms with E-state index in [4.69, 9.17) is 16.3 Å². The van der Waals surface area contributed by atoms with Gasteiger partial charge < -0.3 is 4.74 Å². The summed E-state index contributed by atoms with van der Waals surface area (Å²) in [5.41, 5.74) is 2.79. The molecule has 2 rings (SSSR count). The van der Waals surface area contributed by atoms with Crippen molar-refractivity contribution in [1.29, 1.82) is 0 Å². The highest BCUT2D eigenvalue weighted by Crippen LogP contribution is 2.22. The first-order chi connectivity index (χ1) is 9.16. The Bertz CT molecular complexity index is 587. The van der Waals surface area contributed by atoms with Crippen LogP contribution in [0.3, 0.4) is 0 Å². The van der Waals surface area contributed by atoms with Gasteiger partial charge in [-0.05, 0) is 23.2 Å². The van der Waals surface area contributed by atoms with Crippen LogP contribution < -0.4 is 0 Å². The Morgan fingerprint density at radius 2 is 2.11 bits per heavy atom. The van der Waals surface area contributed by atoms with Gasteiger partial charge in [0.2, 0.25) is 5.28 Å². The van der Waals surface area contributed by atoms with Crippen LogP contribution in [0.25, 0.3) is 11.3 Å². The van der Waals surface area contributed by atoms with Crippen LogP contribution in [-0.4, -0.2) is 22.5 Å². The highest BCUT2D eigenvalue weighted by atomic mass is 35.5. The van der Waals surface area contributed by atoms with E-state index >= 15 is 0 Å². The molecule has 0 fully saturated rings. The molecule has 4 nitrogen and oxygen atoms in total. The summed E-state index contributed by atoms with van der Waals surface area (Å²) < 4.78 is 4.96. The number of rotatable bonds is 4. The van der Waals surface area contributed by atoms with Crippen molar-refractivity contribution in [2.75, 3.05) is 6.61 Å². The van der Waals surface area contributed by atoms with Crippen molar-refractivity contribution in [3.63, 3.8) is 0 Å². The number of hydrogen-bond donors (Lipinski definition) is 0. The number of hydrogen-bond acceptors (Lipinski definition) is 4. The van der Waals surface area contributed by atoms with Gasteiger partial charge in [-0.2, -0.15) is 0 Å². The molecule has 0 amide bonds. The Morgan fingerprint density at radius 3 is 2.84 bits per heavy atom. The lowest BCUT2D eigenvalue weighted by Crippen LogP contribution is -2.04. The van der Waals surface area contributed by atoms with E-state index in [0.717, 1.165) is 16.8 Å². The molecular weight excluding hydrogens is 264 g/mol. The van der Waals surface area contributed by atoms with Gasteiger partial charge in [-0.25, -0.2) is 9.97 Å². The fourth-order valence-electron chi connectivity index (χ4n) is 1.78. The SMILES string of the molecule is CC(=O)OCCc1ccccc1-c1ccnc(Cl)n1. The molecule has 0 radical (unpaired) electrons. The van der Waals surface area contributed by atoms with Crippen molar-refractivity contribution in [2.45, 2.75) is 13.3 Å². The number of halogens is 1. The summed E-state index contributed by atoms with van der Waals surface area (Å²) in [5, 5.41) is 0.215. The molecule has 19 heavy (non-hydrogen) atoms. The van der Waals surface area contributed by atoms with Gasteiger partial charge in [0.25, 0.3) is 0 Å². The number of nitrogens with zero attached hydrogens (tertiary/aromatic N) is 2. The van der Waals surface area contributed by atoms with Gasteiger partial charge in [-0.15, -0.1) is 0 Å². The minimum atomic E-state index is -0.275. The van der Waals surface area contributed by atoms with Crippen LogP contribution in [0.2, 0.25) is 5.28 Å². The van der Waals surface area contributed by atoms with Crippen LogP contribution in [0.5, 0.6) is 0 Å². The predicted molar refractivity (Wildman–Crippen MR) is 72.8 cm³/mol.